The standard InChI is InChI=1S/C14H20N2O/c1-2-14(9-6-10-14)16-13(17)12(15)11-7-4-3-5-8-11/h3-5,7-8,12H,2,6,9-10,15H2,1H3,(H,16,17)/t12-/m0/s1. The van der Waals surface area contributed by atoms with Crippen LogP contribution in [0.15, 0.2) is 30.3 Å². The van der Waals surface area contributed by atoms with E-state index in [2.05, 4.69) is 12.2 Å². The molecule has 3 heteroatoms. The van der Waals surface area contributed by atoms with Gasteiger partial charge < -0.3 is 11.1 Å². The number of hydrogen-bond acceptors (Lipinski definition) is 2. The molecule has 1 aliphatic carbocycles. The lowest BCUT2D eigenvalue weighted by Crippen LogP contribution is -2.55. The summed E-state index contributed by atoms with van der Waals surface area (Å²) in [4.78, 5) is 12.1. The second-order valence-electron chi connectivity index (χ2n) is 4.87. The molecular formula is C14H20N2O. The van der Waals surface area contributed by atoms with E-state index in [0.717, 1.165) is 24.8 Å². The van der Waals surface area contributed by atoms with Crippen LogP contribution in [0.2, 0.25) is 0 Å². The number of amides is 1. The lowest BCUT2D eigenvalue weighted by molar-refractivity contribution is -0.125. The smallest absolute Gasteiger partial charge is 0.241 e. The Bertz CT molecular complexity index is 379. The van der Waals surface area contributed by atoms with Crippen LogP contribution in [-0.4, -0.2) is 11.4 Å². The summed E-state index contributed by atoms with van der Waals surface area (Å²) in [7, 11) is 0. The molecule has 0 saturated heterocycles. The lowest BCUT2D eigenvalue weighted by Gasteiger charge is -2.42. The minimum Gasteiger partial charge on any atom is -0.349 e. The van der Waals surface area contributed by atoms with Crippen molar-refractivity contribution in [3.05, 3.63) is 35.9 Å². The van der Waals surface area contributed by atoms with Crippen molar-refractivity contribution >= 4 is 5.91 Å². The molecule has 1 aromatic carbocycles. The third-order valence-corrected chi connectivity index (χ3v) is 3.82. The molecule has 0 radical (unpaired) electrons. The van der Waals surface area contributed by atoms with Crippen molar-refractivity contribution in [2.24, 2.45) is 5.73 Å². The van der Waals surface area contributed by atoms with E-state index in [1.807, 2.05) is 30.3 Å². The summed E-state index contributed by atoms with van der Waals surface area (Å²) >= 11 is 0. The average Bonchev–Trinajstić information content (AvgIpc) is 2.33. The highest BCUT2D eigenvalue weighted by Crippen LogP contribution is 2.34. The predicted octanol–water partition coefficient (Wildman–Crippen LogP) is 2.14. The second-order valence-corrected chi connectivity index (χ2v) is 4.87. The van der Waals surface area contributed by atoms with Crippen LogP contribution in [0.5, 0.6) is 0 Å². The average molecular weight is 232 g/mol. The number of carbonyl (C=O) groups excluding carboxylic acids is 1. The molecule has 1 fully saturated rings. The second kappa shape index (κ2) is 4.88. The Morgan fingerprint density at radius 2 is 2.06 bits per heavy atom. The van der Waals surface area contributed by atoms with E-state index in [4.69, 9.17) is 5.73 Å². The molecule has 3 N–H and O–H groups in total. The Labute approximate surface area is 102 Å². The van der Waals surface area contributed by atoms with Crippen LogP contribution in [0.4, 0.5) is 0 Å². The number of carbonyl (C=O) groups is 1. The monoisotopic (exact) mass is 232 g/mol. The molecule has 1 saturated carbocycles. The van der Waals surface area contributed by atoms with Crippen LogP contribution >= 0.6 is 0 Å². The maximum atomic E-state index is 12.1. The Kier molecular flexibility index (Phi) is 3.48. The molecule has 1 aliphatic rings. The van der Waals surface area contributed by atoms with Gasteiger partial charge in [0.2, 0.25) is 5.91 Å². The summed E-state index contributed by atoms with van der Waals surface area (Å²) in [5, 5.41) is 3.11. The maximum absolute atomic E-state index is 12.1. The third-order valence-electron chi connectivity index (χ3n) is 3.82. The molecule has 17 heavy (non-hydrogen) atoms. The van der Waals surface area contributed by atoms with Gasteiger partial charge in [-0.05, 0) is 31.2 Å². The summed E-state index contributed by atoms with van der Waals surface area (Å²) < 4.78 is 0. The van der Waals surface area contributed by atoms with Gasteiger partial charge in [0.15, 0.2) is 0 Å². The van der Waals surface area contributed by atoms with Crippen molar-refractivity contribution in [1.29, 1.82) is 0 Å². The highest BCUT2D eigenvalue weighted by atomic mass is 16.2. The molecule has 2 rings (SSSR count). The normalized spacial score (nSPS) is 19.2. The molecule has 1 amide bonds. The van der Waals surface area contributed by atoms with Crippen molar-refractivity contribution in [3.63, 3.8) is 0 Å². The van der Waals surface area contributed by atoms with Gasteiger partial charge in [0, 0.05) is 5.54 Å². The van der Waals surface area contributed by atoms with Gasteiger partial charge in [0.1, 0.15) is 6.04 Å². The topological polar surface area (TPSA) is 55.1 Å². The first-order valence-corrected chi connectivity index (χ1v) is 6.29. The van der Waals surface area contributed by atoms with Crippen molar-refractivity contribution in [3.8, 4) is 0 Å². The predicted molar refractivity (Wildman–Crippen MR) is 68.4 cm³/mol. The van der Waals surface area contributed by atoms with Crippen molar-refractivity contribution in [2.75, 3.05) is 0 Å². The van der Waals surface area contributed by atoms with Crippen molar-refractivity contribution < 1.29 is 4.79 Å². The molecular weight excluding hydrogens is 212 g/mol. The molecule has 0 aliphatic heterocycles. The first-order valence-electron chi connectivity index (χ1n) is 6.29. The van der Waals surface area contributed by atoms with Crippen LogP contribution < -0.4 is 11.1 Å². The minimum absolute atomic E-state index is 0.0173. The number of benzene rings is 1. The van der Waals surface area contributed by atoms with Gasteiger partial charge in [-0.25, -0.2) is 0 Å². The van der Waals surface area contributed by atoms with Gasteiger partial charge in [0.25, 0.3) is 0 Å². The quantitative estimate of drug-likeness (QED) is 0.835. The molecule has 3 nitrogen and oxygen atoms in total. The number of nitrogens with two attached hydrogens (primary N) is 1. The maximum Gasteiger partial charge on any atom is 0.241 e. The van der Waals surface area contributed by atoms with Crippen LogP contribution in [0, 0.1) is 0 Å². The third kappa shape index (κ3) is 2.50. The van der Waals surface area contributed by atoms with Crippen molar-refractivity contribution in [1.82, 2.24) is 5.32 Å². The highest BCUT2D eigenvalue weighted by molar-refractivity contribution is 5.83. The largest absolute Gasteiger partial charge is 0.349 e. The first kappa shape index (κ1) is 12.1. The van der Waals surface area contributed by atoms with E-state index in [9.17, 15) is 4.79 Å². The number of rotatable bonds is 4. The zero-order chi connectivity index (χ0) is 12.3. The fraction of sp³-hybridized carbons (Fsp3) is 0.500. The van der Waals surface area contributed by atoms with Crippen LogP contribution in [0.1, 0.15) is 44.2 Å². The Hall–Kier alpha value is -1.35. The molecule has 0 aromatic heterocycles. The molecule has 0 unspecified atom stereocenters. The Morgan fingerprint density at radius 1 is 1.41 bits per heavy atom. The molecule has 92 valence electrons. The Morgan fingerprint density at radius 3 is 2.53 bits per heavy atom. The highest BCUT2D eigenvalue weighted by Gasteiger charge is 2.37. The molecule has 1 aromatic rings. The zero-order valence-corrected chi connectivity index (χ0v) is 10.3. The van der Waals surface area contributed by atoms with E-state index in [1.54, 1.807) is 0 Å². The molecule has 0 bridgehead atoms. The summed E-state index contributed by atoms with van der Waals surface area (Å²) in [5.41, 5.74) is 6.86. The van der Waals surface area contributed by atoms with Crippen LogP contribution in [0.3, 0.4) is 0 Å². The number of hydrogen-bond donors (Lipinski definition) is 2. The minimum atomic E-state index is -0.555. The van der Waals surface area contributed by atoms with E-state index < -0.39 is 6.04 Å². The van der Waals surface area contributed by atoms with Gasteiger partial charge >= 0.3 is 0 Å². The van der Waals surface area contributed by atoms with Gasteiger partial charge in [-0.15, -0.1) is 0 Å². The summed E-state index contributed by atoms with van der Waals surface area (Å²) in [6.07, 6.45) is 4.35. The SMILES string of the molecule is CCC1(NC(=O)[C@@H](N)c2ccccc2)CCC1. The van der Waals surface area contributed by atoms with E-state index >= 15 is 0 Å². The lowest BCUT2D eigenvalue weighted by atomic mass is 9.74. The number of nitrogens with one attached hydrogen (secondary N) is 1. The summed E-state index contributed by atoms with van der Waals surface area (Å²) in [5.74, 6) is -0.0576. The van der Waals surface area contributed by atoms with Crippen molar-refractivity contribution in [2.45, 2.75) is 44.2 Å². The van der Waals surface area contributed by atoms with E-state index in [-0.39, 0.29) is 11.4 Å². The molecule has 0 spiro atoms. The van der Waals surface area contributed by atoms with Gasteiger partial charge in [-0.2, -0.15) is 0 Å². The van der Waals surface area contributed by atoms with Crippen LogP contribution in [-0.2, 0) is 4.79 Å². The van der Waals surface area contributed by atoms with Gasteiger partial charge in [0.05, 0.1) is 0 Å². The van der Waals surface area contributed by atoms with E-state index in [0.29, 0.717) is 0 Å². The zero-order valence-electron chi connectivity index (χ0n) is 10.3. The summed E-state index contributed by atoms with van der Waals surface area (Å²) in [6.45, 7) is 2.12. The van der Waals surface area contributed by atoms with E-state index in [1.165, 1.54) is 6.42 Å². The molecule has 0 heterocycles. The fourth-order valence-electron chi connectivity index (χ4n) is 2.32. The first-order chi connectivity index (χ1) is 8.17. The van der Waals surface area contributed by atoms with Gasteiger partial charge in [-0.1, -0.05) is 37.3 Å². The summed E-state index contributed by atoms with van der Waals surface area (Å²) in [6, 6.07) is 8.96. The van der Waals surface area contributed by atoms with Crippen LogP contribution in [0.25, 0.3) is 0 Å². The fourth-order valence-corrected chi connectivity index (χ4v) is 2.32. The Balaban J connectivity index is 2.01. The molecule has 1 atom stereocenters. The van der Waals surface area contributed by atoms with Gasteiger partial charge in [-0.3, -0.25) is 4.79 Å².